The molecule has 0 unspecified atom stereocenters. The Morgan fingerprint density at radius 3 is 2.00 bits per heavy atom. The lowest BCUT2D eigenvalue weighted by Crippen LogP contribution is -2.02. The zero-order chi connectivity index (χ0) is 15.5. The molecule has 6 nitrogen and oxygen atoms in total. The number of hydrogen-bond donors (Lipinski definition) is 2. The number of aliphatic imine (C=N–C) groups is 1. The number of nitrogens with two attached hydrogens (primary N) is 2. The van der Waals surface area contributed by atoms with Gasteiger partial charge in [0.15, 0.2) is 0 Å². The summed E-state index contributed by atoms with van der Waals surface area (Å²) in [6.45, 7) is 3.50. The van der Waals surface area contributed by atoms with Gasteiger partial charge in [-0.15, -0.1) is 10.2 Å². The summed E-state index contributed by atoms with van der Waals surface area (Å²) in [4.78, 5) is 8.20. The first-order valence-corrected chi connectivity index (χ1v) is 6.60. The molecule has 6 heteroatoms. The third-order valence-electron chi connectivity index (χ3n) is 3.21. The molecule has 0 saturated heterocycles. The molecule has 0 saturated carbocycles. The van der Waals surface area contributed by atoms with Crippen LogP contribution in [0, 0.1) is 0 Å². The van der Waals surface area contributed by atoms with E-state index in [4.69, 9.17) is 11.5 Å². The average molecular weight is 290 g/mol. The average Bonchev–Trinajstić information content (AvgIpc) is 2.56. The summed E-state index contributed by atoms with van der Waals surface area (Å²) in [5.41, 5.74) is 15.9. The second-order valence-corrected chi connectivity index (χ2v) is 4.69. The molecule has 22 heavy (non-hydrogen) atoms. The Labute approximate surface area is 127 Å². The standard InChI is InChI=1S/C16H14N6/c1-19-13-8-4-10(5-9-13)14-15(21-22-16(18)20-14)11-2-6-12(17)7-3-11/h2-9H,1,17H2,(H2,18,20,22). The number of hydrogen-bond acceptors (Lipinski definition) is 6. The highest BCUT2D eigenvalue weighted by atomic mass is 15.2. The van der Waals surface area contributed by atoms with Gasteiger partial charge in [-0.2, -0.15) is 0 Å². The van der Waals surface area contributed by atoms with Crippen molar-refractivity contribution in [2.45, 2.75) is 0 Å². The van der Waals surface area contributed by atoms with E-state index >= 15 is 0 Å². The molecule has 1 aromatic heterocycles. The highest BCUT2D eigenvalue weighted by Crippen LogP contribution is 2.30. The van der Waals surface area contributed by atoms with Crippen molar-refractivity contribution in [3.05, 3.63) is 48.5 Å². The first-order chi connectivity index (χ1) is 10.7. The van der Waals surface area contributed by atoms with Crippen molar-refractivity contribution in [2.24, 2.45) is 4.99 Å². The molecule has 0 fully saturated rings. The van der Waals surface area contributed by atoms with Gasteiger partial charge in [-0.05, 0) is 31.0 Å². The molecular formula is C16H14N6. The van der Waals surface area contributed by atoms with Crippen LogP contribution < -0.4 is 11.5 Å². The molecule has 0 aliphatic heterocycles. The maximum Gasteiger partial charge on any atom is 0.240 e. The van der Waals surface area contributed by atoms with Gasteiger partial charge in [-0.3, -0.25) is 4.99 Å². The van der Waals surface area contributed by atoms with E-state index in [1.165, 1.54) is 0 Å². The Balaban J connectivity index is 2.14. The van der Waals surface area contributed by atoms with Crippen LogP contribution in [-0.2, 0) is 0 Å². The van der Waals surface area contributed by atoms with E-state index in [-0.39, 0.29) is 5.95 Å². The van der Waals surface area contributed by atoms with Crippen LogP contribution in [0.2, 0.25) is 0 Å². The molecule has 0 spiro atoms. The Bertz CT molecular complexity index is 809. The van der Waals surface area contributed by atoms with Gasteiger partial charge in [0.05, 0.1) is 5.69 Å². The Hall–Kier alpha value is -3.28. The fourth-order valence-electron chi connectivity index (χ4n) is 2.10. The van der Waals surface area contributed by atoms with Crippen LogP contribution in [0.25, 0.3) is 22.5 Å². The molecule has 0 bridgehead atoms. The van der Waals surface area contributed by atoms with E-state index in [0.29, 0.717) is 17.1 Å². The quantitative estimate of drug-likeness (QED) is 0.570. The Morgan fingerprint density at radius 1 is 0.773 bits per heavy atom. The Kier molecular flexibility index (Phi) is 3.49. The van der Waals surface area contributed by atoms with Gasteiger partial charge in [0.1, 0.15) is 11.4 Å². The molecule has 2 aromatic carbocycles. The third-order valence-corrected chi connectivity index (χ3v) is 3.21. The summed E-state index contributed by atoms with van der Waals surface area (Å²) in [7, 11) is 0. The zero-order valence-electron chi connectivity index (χ0n) is 11.8. The van der Waals surface area contributed by atoms with Crippen LogP contribution >= 0.6 is 0 Å². The van der Waals surface area contributed by atoms with Crippen molar-refractivity contribution < 1.29 is 0 Å². The predicted molar refractivity (Wildman–Crippen MR) is 88.7 cm³/mol. The Morgan fingerprint density at radius 2 is 1.36 bits per heavy atom. The lowest BCUT2D eigenvalue weighted by atomic mass is 10.0. The van der Waals surface area contributed by atoms with Crippen LogP contribution in [0.3, 0.4) is 0 Å². The summed E-state index contributed by atoms with van der Waals surface area (Å²) in [6.07, 6.45) is 0. The van der Waals surface area contributed by atoms with Crippen molar-refractivity contribution in [1.82, 2.24) is 15.2 Å². The second-order valence-electron chi connectivity index (χ2n) is 4.69. The van der Waals surface area contributed by atoms with Gasteiger partial charge in [0, 0.05) is 16.8 Å². The number of rotatable bonds is 3. The van der Waals surface area contributed by atoms with Crippen LogP contribution in [0.5, 0.6) is 0 Å². The van der Waals surface area contributed by atoms with Gasteiger partial charge in [-0.25, -0.2) is 4.98 Å². The summed E-state index contributed by atoms with van der Waals surface area (Å²) >= 11 is 0. The minimum atomic E-state index is 0.125. The molecule has 108 valence electrons. The number of aromatic nitrogens is 3. The first kappa shape index (κ1) is 13.7. The smallest absolute Gasteiger partial charge is 0.240 e. The number of benzene rings is 2. The zero-order valence-corrected chi connectivity index (χ0v) is 11.8. The lowest BCUT2D eigenvalue weighted by molar-refractivity contribution is 0.997. The monoisotopic (exact) mass is 290 g/mol. The molecule has 3 rings (SSSR count). The topological polar surface area (TPSA) is 103 Å². The van der Waals surface area contributed by atoms with E-state index in [1.807, 2.05) is 48.5 Å². The molecule has 4 N–H and O–H groups in total. The normalized spacial score (nSPS) is 10.4. The number of nitrogens with zero attached hydrogens (tertiary/aromatic N) is 4. The molecule has 0 amide bonds. The van der Waals surface area contributed by atoms with E-state index < -0.39 is 0 Å². The van der Waals surface area contributed by atoms with E-state index in [0.717, 1.165) is 16.8 Å². The maximum absolute atomic E-state index is 5.72. The summed E-state index contributed by atoms with van der Waals surface area (Å²) in [6, 6.07) is 14.9. The van der Waals surface area contributed by atoms with E-state index in [2.05, 4.69) is 26.9 Å². The van der Waals surface area contributed by atoms with Crippen LogP contribution in [-0.4, -0.2) is 21.9 Å². The van der Waals surface area contributed by atoms with Crippen LogP contribution in [0.1, 0.15) is 0 Å². The molecule has 1 heterocycles. The highest BCUT2D eigenvalue weighted by Gasteiger charge is 2.12. The van der Waals surface area contributed by atoms with Crippen LogP contribution in [0.15, 0.2) is 53.5 Å². The lowest BCUT2D eigenvalue weighted by Gasteiger charge is -2.08. The molecule has 0 aliphatic carbocycles. The molecule has 3 aromatic rings. The summed E-state index contributed by atoms with van der Waals surface area (Å²) in [5.74, 6) is 0.125. The SMILES string of the molecule is C=Nc1ccc(-c2nc(N)nnc2-c2ccc(N)cc2)cc1. The molecule has 0 aliphatic rings. The highest BCUT2D eigenvalue weighted by molar-refractivity contribution is 5.79. The molecular weight excluding hydrogens is 276 g/mol. The number of nitrogen functional groups attached to an aromatic ring is 2. The fourth-order valence-corrected chi connectivity index (χ4v) is 2.10. The van der Waals surface area contributed by atoms with Crippen molar-refractivity contribution >= 4 is 24.0 Å². The van der Waals surface area contributed by atoms with E-state index in [9.17, 15) is 0 Å². The van der Waals surface area contributed by atoms with Crippen molar-refractivity contribution in [3.63, 3.8) is 0 Å². The van der Waals surface area contributed by atoms with E-state index in [1.54, 1.807) is 0 Å². The number of anilines is 2. The van der Waals surface area contributed by atoms with Gasteiger partial charge in [0.2, 0.25) is 5.95 Å². The van der Waals surface area contributed by atoms with Gasteiger partial charge < -0.3 is 11.5 Å². The van der Waals surface area contributed by atoms with Gasteiger partial charge in [0.25, 0.3) is 0 Å². The molecule has 0 radical (unpaired) electrons. The van der Waals surface area contributed by atoms with Crippen molar-refractivity contribution in [3.8, 4) is 22.5 Å². The molecule has 0 atom stereocenters. The summed E-state index contributed by atoms with van der Waals surface area (Å²) in [5, 5.41) is 8.04. The minimum Gasteiger partial charge on any atom is -0.399 e. The predicted octanol–water partition coefficient (Wildman–Crippen LogP) is 2.70. The second kappa shape index (κ2) is 5.61. The minimum absolute atomic E-state index is 0.125. The van der Waals surface area contributed by atoms with Gasteiger partial charge >= 0.3 is 0 Å². The van der Waals surface area contributed by atoms with Crippen molar-refractivity contribution in [2.75, 3.05) is 11.5 Å². The summed E-state index contributed by atoms with van der Waals surface area (Å²) < 4.78 is 0. The van der Waals surface area contributed by atoms with Crippen molar-refractivity contribution in [1.29, 1.82) is 0 Å². The van der Waals surface area contributed by atoms with Crippen LogP contribution in [0.4, 0.5) is 17.3 Å². The first-order valence-electron chi connectivity index (χ1n) is 6.60. The maximum atomic E-state index is 5.72. The largest absolute Gasteiger partial charge is 0.399 e. The third kappa shape index (κ3) is 2.62. The van der Waals surface area contributed by atoms with Gasteiger partial charge in [-0.1, -0.05) is 24.3 Å². The fraction of sp³-hybridized carbons (Fsp3) is 0.